The maximum absolute atomic E-state index is 11.7. The Morgan fingerprint density at radius 3 is 1.79 bits per heavy atom. The third-order valence-electron chi connectivity index (χ3n) is 5.64. The lowest BCUT2D eigenvalue weighted by atomic mass is 9.93. The molecule has 0 radical (unpaired) electrons. The van der Waals surface area contributed by atoms with Crippen molar-refractivity contribution in [1.82, 2.24) is 0 Å². The zero-order valence-corrected chi connectivity index (χ0v) is 24.4. The Balaban J connectivity index is 0.000000679. The minimum Gasteiger partial charge on any atom is -0.465 e. The van der Waals surface area contributed by atoms with E-state index >= 15 is 0 Å². The Morgan fingerprint density at radius 1 is 0.837 bits per heavy atom. The number of hydrogen-bond acceptors (Lipinski definition) is 12. The quantitative estimate of drug-likeness (QED) is 0.288. The first kappa shape index (κ1) is 38.8. The van der Waals surface area contributed by atoms with E-state index in [1.165, 1.54) is 6.92 Å². The molecule has 2 aromatic carbocycles. The topological polar surface area (TPSA) is 164 Å². The molecule has 0 amide bonds. The first-order valence-electron chi connectivity index (χ1n) is 13.3. The highest BCUT2D eigenvalue weighted by atomic mass is 16.7. The zero-order chi connectivity index (χ0) is 31.4. The van der Waals surface area contributed by atoms with Gasteiger partial charge in [-0.2, -0.15) is 0 Å². The maximum atomic E-state index is 11.7. The minimum absolute atomic E-state index is 0. The van der Waals surface area contributed by atoms with E-state index in [0.29, 0.717) is 6.61 Å². The van der Waals surface area contributed by atoms with Crippen LogP contribution >= 0.6 is 0 Å². The molecule has 1 unspecified atom stereocenters. The van der Waals surface area contributed by atoms with Crippen LogP contribution in [0.3, 0.4) is 0 Å². The molecule has 0 aromatic heterocycles. The molecule has 1 saturated heterocycles. The van der Waals surface area contributed by atoms with Crippen LogP contribution in [-0.4, -0.2) is 74.1 Å². The third-order valence-corrected chi connectivity index (χ3v) is 5.64. The number of esters is 2. The van der Waals surface area contributed by atoms with Crippen molar-refractivity contribution in [3.05, 3.63) is 71.8 Å². The molecule has 3 rings (SSSR count). The van der Waals surface area contributed by atoms with Gasteiger partial charge in [0, 0.05) is 0 Å². The molecule has 0 aliphatic carbocycles. The highest BCUT2D eigenvalue weighted by Crippen LogP contribution is 2.24. The second kappa shape index (κ2) is 20.7. The summed E-state index contributed by atoms with van der Waals surface area (Å²) in [5, 5.41) is 17.8. The van der Waals surface area contributed by atoms with E-state index in [2.05, 4.69) is 9.47 Å². The second-order valence-electron chi connectivity index (χ2n) is 9.50. The van der Waals surface area contributed by atoms with Crippen LogP contribution in [0.5, 0.6) is 0 Å². The standard InChI is InChI=1S/C15H20O6.C8H12O5.C7H8O.CH4/c1-3-19-13(17)15(2,10-16)11-21-14(18)20-9-12-7-5-4-6-8-12;1-3-11-6(9)8(2)4-12-7(10)13-5-8;8-6-7-4-2-1-3-5-7;/h4-8,16H,3,9-11H2,1-2H3;3-5H2,1-2H3;1-5,8H,6H2;1H4. The highest BCUT2D eigenvalue weighted by molar-refractivity contribution is 5.78. The van der Waals surface area contributed by atoms with Crippen LogP contribution in [0.1, 0.15) is 46.2 Å². The largest absolute Gasteiger partial charge is 0.508 e. The van der Waals surface area contributed by atoms with E-state index in [1.807, 2.05) is 60.7 Å². The van der Waals surface area contributed by atoms with Gasteiger partial charge in [-0.1, -0.05) is 68.1 Å². The Morgan fingerprint density at radius 2 is 1.35 bits per heavy atom. The smallest absolute Gasteiger partial charge is 0.465 e. The average molecular weight is 609 g/mol. The molecule has 240 valence electrons. The van der Waals surface area contributed by atoms with Crippen molar-refractivity contribution in [2.75, 3.05) is 39.6 Å². The van der Waals surface area contributed by atoms with Gasteiger partial charge in [0.25, 0.3) is 0 Å². The van der Waals surface area contributed by atoms with Gasteiger partial charge in [-0.15, -0.1) is 0 Å². The SMILES string of the molecule is C.CCOC(=O)C(C)(CO)COC(=O)OCc1ccccc1.CCOC(=O)C1(C)COC(=O)OC1.OCc1ccccc1. The van der Waals surface area contributed by atoms with Crippen molar-refractivity contribution >= 4 is 24.2 Å². The summed E-state index contributed by atoms with van der Waals surface area (Å²) in [5.41, 5.74) is -0.358. The fourth-order valence-corrected chi connectivity index (χ4v) is 2.98. The van der Waals surface area contributed by atoms with E-state index in [9.17, 15) is 24.3 Å². The van der Waals surface area contributed by atoms with Gasteiger partial charge in [-0.25, -0.2) is 9.59 Å². The number of carbonyl (C=O) groups is 4. The number of aliphatic hydroxyl groups is 2. The van der Waals surface area contributed by atoms with Crippen LogP contribution in [-0.2, 0) is 51.2 Å². The van der Waals surface area contributed by atoms with Crippen molar-refractivity contribution in [1.29, 1.82) is 0 Å². The maximum Gasteiger partial charge on any atom is 0.508 e. The second-order valence-corrected chi connectivity index (χ2v) is 9.50. The Kier molecular flexibility index (Phi) is 18.7. The lowest BCUT2D eigenvalue weighted by Crippen LogP contribution is -2.44. The van der Waals surface area contributed by atoms with Gasteiger partial charge in [-0.05, 0) is 38.8 Å². The summed E-state index contributed by atoms with van der Waals surface area (Å²) in [6, 6.07) is 18.7. The van der Waals surface area contributed by atoms with Crippen LogP contribution in [0.4, 0.5) is 9.59 Å². The minimum atomic E-state index is -1.29. The Labute approximate surface area is 252 Å². The third kappa shape index (κ3) is 14.5. The molecule has 2 N–H and O–H groups in total. The summed E-state index contributed by atoms with van der Waals surface area (Å²) < 4.78 is 28.6. The summed E-state index contributed by atoms with van der Waals surface area (Å²) in [5.74, 6) is -1.02. The van der Waals surface area contributed by atoms with E-state index in [-0.39, 0.29) is 47.1 Å². The van der Waals surface area contributed by atoms with Crippen LogP contribution in [0.2, 0.25) is 0 Å². The Bertz CT molecular complexity index is 1080. The summed E-state index contributed by atoms with van der Waals surface area (Å²) in [6.07, 6.45) is -1.63. The molecular weight excluding hydrogens is 564 g/mol. The van der Waals surface area contributed by atoms with Crippen LogP contribution in [0, 0.1) is 10.8 Å². The zero-order valence-electron chi connectivity index (χ0n) is 24.4. The molecule has 0 bridgehead atoms. The van der Waals surface area contributed by atoms with Crippen molar-refractivity contribution in [3.63, 3.8) is 0 Å². The molecule has 1 atom stereocenters. The summed E-state index contributed by atoms with van der Waals surface area (Å²) in [4.78, 5) is 45.0. The molecule has 1 aliphatic heterocycles. The monoisotopic (exact) mass is 608 g/mol. The lowest BCUT2D eigenvalue weighted by Gasteiger charge is -2.29. The van der Waals surface area contributed by atoms with Crippen molar-refractivity contribution in [3.8, 4) is 0 Å². The molecule has 12 heteroatoms. The van der Waals surface area contributed by atoms with Crippen molar-refractivity contribution in [2.24, 2.45) is 10.8 Å². The number of carbonyl (C=O) groups excluding carboxylic acids is 4. The highest BCUT2D eigenvalue weighted by Gasteiger charge is 2.41. The molecule has 43 heavy (non-hydrogen) atoms. The number of aliphatic hydroxyl groups excluding tert-OH is 2. The number of ether oxygens (including phenoxy) is 6. The summed E-state index contributed by atoms with van der Waals surface area (Å²) >= 11 is 0. The first-order chi connectivity index (χ1) is 20.0. The van der Waals surface area contributed by atoms with Crippen molar-refractivity contribution in [2.45, 2.75) is 48.3 Å². The predicted molar refractivity (Wildman–Crippen MR) is 156 cm³/mol. The van der Waals surface area contributed by atoms with Crippen LogP contribution in [0.25, 0.3) is 0 Å². The molecule has 1 aliphatic rings. The number of cyclic esters (lactones) is 2. The molecule has 0 spiro atoms. The van der Waals surface area contributed by atoms with E-state index in [1.54, 1.807) is 20.8 Å². The van der Waals surface area contributed by atoms with Gasteiger partial charge in [0.1, 0.15) is 37.3 Å². The van der Waals surface area contributed by atoms with Crippen LogP contribution in [0.15, 0.2) is 60.7 Å². The van der Waals surface area contributed by atoms with Gasteiger partial charge >= 0.3 is 24.2 Å². The number of benzene rings is 2. The van der Waals surface area contributed by atoms with Crippen LogP contribution < -0.4 is 0 Å². The van der Waals surface area contributed by atoms with Gasteiger partial charge in [0.2, 0.25) is 0 Å². The number of rotatable bonds is 10. The average Bonchev–Trinajstić information content (AvgIpc) is 3.02. The molecule has 1 fully saturated rings. The predicted octanol–water partition coefficient (Wildman–Crippen LogP) is 4.44. The summed E-state index contributed by atoms with van der Waals surface area (Å²) in [6.45, 7) is 6.42. The van der Waals surface area contributed by atoms with E-state index < -0.39 is 41.7 Å². The lowest BCUT2D eigenvalue weighted by molar-refractivity contribution is -0.165. The molecule has 1 heterocycles. The molecular formula is C31H44O12. The summed E-state index contributed by atoms with van der Waals surface area (Å²) in [7, 11) is 0. The van der Waals surface area contributed by atoms with E-state index in [4.69, 9.17) is 24.1 Å². The van der Waals surface area contributed by atoms with Gasteiger partial charge < -0.3 is 38.6 Å². The molecule has 2 aromatic rings. The number of hydrogen-bond donors (Lipinski definition) is 2. The molecule has 12 nitrogen and oxygen atoms in total. The van der Waals surface area contributed by atoms with Gasteiger partial charge in [0.15, 0.2) is 0 Å². The van der Waals surface area contributed by atoms with Gasteiger partial charge in [-0.3, -0.25) is 9.59 Å². The fraction of sp³-hybridized carbons (Fsp3) is 0.484. The van der Waals surface area contributed by atoms with Gasteiger partial charge in [0.05, 0.1) is 26.4 Å². The molecule has 0 saturated carbocycles. The van der Waals surface area contributed by atoms with Crippen molar-refractivity contribution < 1.29 is 57.8 Å². The van der Waals surface area contributed by atoms with E-state index in [0.717, 1.165) is 11.1 Å². The Hall–Kier alpha value is -4.16. The normalized spacial score (nSPS) is 14.1. The fourth-order valence-electron chi connectivity index (χ4n) is 2.98. The first-order valence-corrected chi connectivity index (χ1v) is 13.3.